The summed E-state index contributed by atoms with van der Waals surface area (Å²) >= 11 is 6.06. The van der Waals surface area contributed by atoms with Crippen molar-refractivity contribution in [3.05, 3.63) is 59.1 Å². The summed E-state index contributed by atoms with van der Waals surface area (Å²) in [4.78, 5) is 4.32. The van der Waals surface area contributed by atoms with Crippen LogP contribution in [-0.2, 0) is 6.42 Å². The van der Waals surface area contributed by atoms with Crippen LogP contribution in [-0.4, -0.2) is 19.6 Å². The highest BCUT2D eigenvalue weighted by Crippen LogP contribution is 2.26. The summed E-state index contributed by atoms with van der Waals surface area (Å²) in [5.74, 6) is 1.01. The van der Waals surface area contributed by atoms with E-state index in [1.807, 2.05) is 24.3 Å². The van der Waals surface area contributed by atoms with E-state index in [0.717, 1.165) is 18.5 Å². The minimum absolute atomic E-state index is 0.384. The van der Waals surface area contributed by atoms with Gasteiger partial charge in [0.1, 0.15) is 5.75 Å². The van der Waals surface area contributed by atoms with Crippen LogP contribution < -0.4 is 15.8 Å². The van der Waals surface area contributed by atoms with Crippen LogP contribution in [0.3, 0.4) is 0 Å². The topological polar surface area (TPSA) is 59.6 Å². The third-order valence-electron chi connectivity index (χ3n) is 3.17. The molecule has 0 spiro atoms. The van der Waals surface area contributed by atoms with Crippen LogP contribution in [0.1, 0.15) is 12.0 Å². The molecule has 0 aliphatic heterocycles. The van der Waals surface area contributed by atoms with Gasteiger partial charge in [-0.05, 0) is 36.6 Å². The lowest BCUT2D eigenvalue weighted by Crippen LogP contribution is -2.22. The van der Waals surface area contributed by atoms with Gasteiger partial charge in [0.2, 0.25) is 0 Å². The second-order valence-corrected chi connectivity index (χ2v) is 5.24. The molecule has 0 saturated carbocycles. The highest BCUT2D eigenvalue weighted by Gasteiger charge is 2.02. The number of hydrogen-bond donors (Lipinski definition) is 2. The van der Waals surface area contributed by atoms with Crippen molar-refractivity contribution >= 4 is 23.2 Å². The quantitative estimate of drug-likeness (QED) is 0.485. The zero-order valence-electron chi connectivity index (χ0n) is 12.6. The first kappa shape index (κ1) is 16.2. The first-order chi connectivity index (χ1) is 10.7. The molecule has 0 unspecified atom stereocenters. The van der Waals surface area contributed by atoms with Gasteiger partial charge in [0.25, 0.3) is 0 Å². The van der Waals surface area contributed by atoms with Crippen molar-refractivity contribution in [1.29, 1.82) is 0 Å². The van der Waals surface area contributed by atoms with E-state index in [1.165, 1.54) is 5.56 Å². The Hall–Kier alpha value is -2.20. The fourth-order valence-corrected chi connectivity index (χ4v) is 2.32. The van der Waals surface area contributed by atoms with Crippen LogP contribution in [0.25, 0.3) is 0 Å². The number of nitrogens with one attached hydrogen (secondary N) is 1. The Balaban J connectivity index is 1.81. The van der Waals surface area contributed by atoms with Gasteiger partial charge in [0.05, 0.1) is 12.1 Å². The summed E-state index contributed by atoms with van der Waals surface area (Å²) in [5, 5.41) is 3.55. The summed E-state index contributed by atoms with van der Waals surface area (Å²) < 4.78 is 5.11. The predicted octanol–water partition coefficient (Wildman–Crippen LogP) is 3.71. The Bertz CT molecular complexity index is 629. The zero-order chi connectivity index (χ0) is 15.8. The molecule has 0 fully saturated rings. The van der Waals surface area contributed by atoms with Crippen molar-refractivity contribution < 1.29 is 4.74 Å². The smallest absolute Gasteiger partial charge is 0.193 e. The number of ether oxygens (including phenoxy) is 1. The van der Waals surface area contributed by atoms with Crippen LogP contribution in [0.5, 0.6) is 5.75 Å². The molecule has 3 N–H and O–H groups in total. The average molecular weight is 318 g/mol. The molecule has 2 aromatic carbocycles. The molecular weight excluding hydrogens is 298 g/mol. The van der Waals surface area contributed by atoms with Crippen molar-refractivity contribution in [1.82, 2.24) is 0 Å². The van der Waals surface area contributed by atoms with Crippen molar-refractivity contribution in [2.75, 3.05) is 19.0 Å². The molecule has 22 heavy (non-hydrogen) atoms. The van der Waals surface area contributed by atoms with Gasteiger partial charge in [-0.15, -0.1) is 0 Å². The number of aliphatic imine (C=N–C) groups is 1. The van der Waals surface area contributed by atoms with Gasteiger partial charge in [0, 0.05) is 12.2 Å². The largest absolute Gasteiger partial charge is 0.495 e. The Morgan fingerprint density at radius 3 is 2.68 bits per heavy atom. The van der Waals surface area contributed by atoms with Crippen LogP contribution in [0.4, 0.5) is 5.69 Å². The number of nitrogens with two attached hydrogens (primary N) is 1. The Morgan fingerprint density at radius 2 is 2.00 bits per heavy atom. The third-order valence-corrected chi connectivity index (χ3v) is 3.47. The lowest BCUT2D eigenvalue weighted by atomic mass is 10.1. The number of rotatable bonds is 6. The maximum atomic E-state index is 6.06. The normalized spacial score (nSPS) is 11.3. The van der Waals surface area contributed by atoms with Crippen molar-refractivity contribution in [3.8, 4) is 5.75 Å². The summed E-state index contributed by atoms with van der Waals surface area (Å²) in [7, 11) is 1.58. The first-order valence-electron chi connectivity index (χ1n) is 7.13. The molecule has 0 heterocycles. The predicted molar refractivity (Wildman–Crippen MR) is 92.9 cm³/mol. The summed E-state index contributed by atoms with van der Waals surface area (Å²) in [6.07, 6.45) is 1.95. The van der Waals surface area contributed by atoms with Crippen LogP contribution >= 0.6 is 11.6 Å². The van der Waals surface area contributed by atoms with Gasteiger partial charge < -0.3 is 15.8 Å². The Kier molecular flexibility index (Phi) is 6.10. The number of methoxy groups -OCH3 is 1. The molecule has 2 rings (SSSR count). The minimum atomic E-state index is 0.384. The van der Waals surface area contributed by atoms with Crippen molar-refractivity contribution in [2.45, 2.75) is 12.8 Å². The Labute approximate surface area is 136 Å². The van der Waals surface area contributed by atoms with E-state index in [9.17, 15) is 0 Å². The second-order valence-electron chi connectivity index (χ2n) is 4.83. The van der Waals surface area contributed by atoms with E-state index in [-0.39, 0.29) is 0 Å². The number of anilines is 1. The van der Waals surface area contributed by atoms with E-state index >= 15 is 0 Å². The third kappa shape index (κ3) is 4.97. The molecule has 0 radical (unpaired) electrons. The number of hydrogen-bond acceptors (Lipinski definition) is 2. The molecular formula is C17H20ClN3O. The minimum Gasteiger partial charge on any atom is -0.495 e. The molecule has 0 amide bonds. The van der Waals surface area contributed by atoms with Gasteiger partial charge >= 0.3 is 0 Å². The molecule has 116 valence electrons. The fraction of sp³-hybridized carbons (Fsp3) is 0.235. The molecule has 0 bridgehead atoms. The van der Waals surface area contributed by atoms with E-state index in [2.05, 4.69) is 22.4 Å². The van der Waals surface area contributed by atoms with E-state index in [0.29, 0.717) is 23.3 Å². The monoisotopic (exact) mass is 317 g/mol. The van der Waals surface area contributed by atoms with Gasteiger partial charge in [-0.3, -0.25) is 4.99 Å². The molecule has 0 aromatic heterocycles. The number of benzene rings is 2. The highest BCUT2D eigenvalue weighted by atomic mass is 35.5. The summed E-state index contributed by atoms with van der Waals surface area (Å²) in [6, 6.07) is 15.7. The average Bonchev–Trinajstić information content (AvgIpc) is 2.53. The van der Waals surface area contributed by atoms with Gasteiger partial charge in [-0.2, -0.15) is 0 Å². The maximum absolute atomic E-state index is 6.06. The number of halogens is 1. The molecule has 0 aliphatic carbocycles. The molecule has 0 atom stereocenters. The number of nitrogens with zero attached hydrogens (tertiary/aromatic N) is 1. The summed E-state index contributed by atoms with van der Waals surface area (Å²) in [5.41, 5.74) is 7.97. The fourth-order valence-electron chi connectivity index (χ4n) is 2.06. The van der Waals surface area contributed by atoms with E-state index in [4.69, 9.17) is 22.1 Å². The van der Waals surface area contributed by atoms with Crippen LogP contribution in [0.15, 0.2) is 53.5 Å². The second kappa shape index (κ2) is 8.29. The SMILES string of the molecule is COc1ccc(NC(N)=NCCCc2ccccc2)cc1Cl. The van der Waals surface area contributed by atoms with Gasteiger partial charge in [0.15, 0.2) is 5.96 Å². The number of guanidine groups is 1. The summed E-state index contributed by atoms with van der Waals surface area (Å²) in [6.45, 7) is 0.678. The highest BCUT2D eigenvalue weighted by molar-refractivity contribution is 6.32. The standard InChI is InChI=1S/C17H20ClN3O/c1-22-16-10-9-14(12-15(16)18)21-17(19)20-11-5-8-13-6-3-2-4-7-13/h2-4,6-7,9-10,12H,5,8,11H2,1H3,(H3,19,20,21). The van der Waals surface area contributed by atoms with Crippen LogP contribution in [0, 0.1) is 0 Å². The zero-order valence-corrected chi connectivity index (χ0v) is 13.3. The van der Waals surface area contributed by atoms with Crippen molar-refractivity contribution in [3.63, 3.8) is 0 Å². The molecule has 2 aromatic rings. The van der Waals surface area contributed by atoms with E-state index < -0.39 is 0 Å². The lowest BCUT2D eigenvalue weighted by Gasteiger charge is -2.08. The van der Waals surface area contributed by atoms with Crippen LogP contribution in [0.2, 0.25) is 5.02 Å². The van der Waals surface area contributed by atoms with E-state index in [1.54, 1.807) is 19.2 Å². The first-order valence-corrected chi connectivity index (χ1v) is 7.51. The molecule has 4 nitrogen and oxygen atoms in total. The van der Waals surface area contributed by atoms with Crippen molar-refractivity contribution in [2.24, 2.45) is 10.7 Å². The molecule has 0 saturated heterocycles. The lowest BCUT2D eigenvalue weighted by molar-refractivity contribution is 0.415. The Morgan fingerprint density at radius 1 is 1.23 bits per heavy atom. The molecule has 5 heteroatoms. The number of aryl methyl sites for hydroxylation is 1. The molecule has 0 aliphatic rings. The maximum Gasteiger partial charge on any atom is 0.193 e. The van der Waals surface area contributed by atoms with Gasteiger partial charge in [-0.1, -0.05) is 41.9 Å². The van der Waals surface area contributed by atoms with Gasteiger partial charge in [-0.25, -0.2) is 0 Å².